The highest BCUT2D eigenvalue weighted by atomic mass is 16.6. The van der Waals surface area contributed by atoms with Gasteiger partial charge >= 0.3 is 11.9 Å². The van der Waals surface area contributed by atoms with Gasteiger partial charge in [0.15, 0.2) is 0 Å². The normalized spacial score (nSPS) is 15.3. The zero-order chi connectivity index (χ0) is 15.6. The summed E-state index contributed by atoms with van der Waals surface area (Å²) in [7, 11) is 1.19. The Kier molecular flexibility index (Phi) is 4.21. The molecule has 0 radical (unpaired) electrons. The van der Waals surface area contributed by atoms with Crippen LogP contribution in [0.2, 0.25) is 0 Å². The monoisotopic (exact) mass is 293 g/mol. The third-order valence-corrected chi connectivity index (χ3v) is 3.64. The fraction of sp³-hybridized carbons (Fsp3) is 0.429. The lowest BCUT2D eigenvalue weighted by Gasteiger charge is -2.17. The van der Waals surface area contributed by atoms with Crippen molar-refractivity contribution in [3.05, 3.63) is 39.4 Å². The van der Waals surface area contributed by atoms with Gasteiger partial charge in [-0.05, 0) is 24.8 Å². The van der Waals surface area contributed by atoms with Gasteiger partial charge in [-0.25, -0.2) is 4.79 Å². The molecule has 0 aliphatic heterocycles. The first kappa shape index (κ1) is 15.0. The summed E-state index contributed by atoms with van der Waals surface area (Å²) in [6.45, 7) is 0. The summed E-state index contributed by atoms with van der Waals surface area (Å²) in [6.07, 6.45) is 1.38. The maximum absolute atomic E-state index is 11.9. The lowest BCUT2D eigenvalue weighted by atomic mass is 9.86. The van der Waals surface area contributed by atoms with E-state index in [9.17, 15) is 19.7 Å². The molecule has 1 aromatic carbocycles. The highest BCUT2D eigenvalue weighted by Crippen LogP contribution is 2.48. The van der Waals surface area contributed by atoms with Gasteiger partial charge in [-0.15, -0.1) is 0 Å². The Balaban J connectivity index is 2.58. The fourth-order valence-electron chi connectivity index (χ4n) is 2.58. The van der Waals surface area contributed by atoms with Gasteiger partial charge in [0, 0.05) is 17.5 Å². The Morgan fingerprint density at radius 3 is 2.62 bits per heavy atom. The summed E-state index contributed by atoms with van der Waals surface area (Å²) >= 11 is 0. The number of rotatable bonds is 6. The van der Waals surface area contributed by atoms with E-state index in [1.807, 2.05) is 0 Å². The van der Waals surface area contributed by atoms with Crippen molar-refractivity contribution in [2.24, 2.45) is 5.92 Å². The van der Waals surface area contributed by atoms with Gasteiger partial charge in [-0.1, -0.05) is 6.07 Å². The van der Waals surface area contributed by atoms with Crippen LogP contribution < -0.4 is 0 Å². The van der Waals surface area contributed by atoms with E-state index in [2.05, 4.69) is 4.74 Å². The Bertz CT molecular complexity index is 593. The molecule has 0 amide bonds. The summed E-state index contributed by atoms with van der Waals surface area (Å²) in [5.41, 5.74) is 0.0279. The molecule has 0 heterocycles. The van der Waals surface area contributed by atoms with Crippen molar-refractivity contribution < 1.29 is 24.4 Å². The first-order valence-electron chi connectivity index (χ1n) is 6.53. The van der Waals surface area contributed by atoms with Crippen molar-refractivity contribution in [2.45, 2.75) is 25.2 Å². The Morgan fingerprint density at radius 1 is 1.48 bits per heavy atom. The number of carbonyl (C=O) groups is 2. The van der Waals surface area contributed by atoms with Gasteiger partial charge in [0.2, 0.25) is 0 Å². The molecule has 1 N–H and O–H groups in total. The minimum Gasteiger partial charge on any atom is -0.481 e. The number of benzene rings is 1. The molecule has 1 aliphatic carbocycles. The number of esters is 1. The van der Waals surface area contributed by atoms with Crippen LogP contribution in [0.3, 0.4) is 0 Å². The second-order valence-corrected chi connectivity index (χ2v) is 5.03. The van der Waals surface area contributed by atoms with Gasteiger partial charge in [-0.2, -0.15) is 0 Å². The molecule has 7 heteroatoms. The van der Waals surface area contributed by atoms with Crippen molar-refractivity contribution in [1.29, 1.82) is 0 Å². The minimum absolute atomic E-state index is 0.0607. The lowest BCUT2D eigenvalue weighted by Crippen LogP contribution is -2.16. The summed E-state index contributed by atoms with van der Waals surface area (Å²) in [6, 6.07) is 4.13. The van der Waals surface area contributed by atoms with Crippen LogP contribution in [0.1, 0.15) is 41.1 Å². The first-order chi connectivity index (χ1) is 9.95. The molecule has 0 aromatic heterocycles. The number of methoxy groups -OCH3 is 1. The third-order valence-electron chi connectivity index (χ3n) is 3.64. The highest BCUT2D eigenvalue weighted by molar-refractivity contribution is 5.92. The van der Waals surface area contributed by atoms with Gasteiger partial charge in [0.1, 0.15) is 0 Å². The van der Waals surface area contributed by atoms with E-state index in [4.69, 9.17) is 5.11 Å². The van der Waals surface area contributed by atoms with Crippen LogP contribution in [0.5, 0.6) is 0 Å². The Hall–Kier alpha value is -2.44. The molecular weight excluding hydrogens is 278 g/mol. The molecule has 2 rings (SSSR count). The van der Waals surface area contributed by atoms with Crippen LogP contribution in [-0.2, 0) is 9.53 Å². The zero-order valence-corrected chi connectivity index (χ0v) is 11.4. The van der Waals surface area contributed by atoms with E-state index < -0.39 is 22.8 Å². The van der Waals surface area contributed by atoms with Gasteiger partial charge < -0.3 is 9.84 Å². The molecule has 1 aliphatic rings. The summed E-state index contributed by atoms with van der Waals surface area (Å²) in [5.74, 6) is -2.21. The SMILES string of the molecule is COC(=O)c1cccc([N+](=O)[O-])c1C(CC(=O)O)C1CC1. The van der Waals surface area contributed by atoms with E-state index in [-0.39, 0.29) is 29.2 Å². The number of aliphatic carboxylic acids is 1. The molecule has 1 aromatic rings. The molecule has 1 fully saturated rings. The smallest absolute Gasteiger partial charge is 0.338 e. The molecule has 1 unspecified atom stereocenters. The fourth-order valence-corrected chi connectivity index (χ4v) is 2.58. The average Bonchev–Trinajstić information content (AvgIpc) is 3.27. The van der Waals surface area contributed by atoms with E-state index >= 15 is 0 Å². The summed E-state index contributed by atoms with van der Waals surface area (Å²) < 4.78 is 4.66. The summed E-state index contributed by atoms with van der Waals surface area (Å²) in [4.78, 5) is 33.6. The van der Waals surface area contributed by atoms with Crippen LogP contribution in [0.4, 0.5) is 5.69 Å². The molecule has 0 spiro atoms. The van der Waals surface area contributed by atoms with Crippen molar-refractivity contribution in [1.82, 2.24) is 0 Å². The predicted molar refractivity (Wildman–Crippen MR) is 72.2 cm³/mol. The summed E-state index contributed by atoms with van der Waals surface area (Å²) in [5, 5.41) is 20.3. The molecular formula is C14H15NO6. The average molecular weight is 293 g/mol. The minimum atomic E-state index is -1.04. The Morgan fingerprint density at radius 2 is 2.14 bits per heavy atom. The molecule has 0 saturated heterocycles. The van der Waals surface area contributed by atoms with Crippen LogP contribution in [0.15, 0.2) is 18.2 Å². The van der Waals surface area contributed by atoms with Crippen molar-refractivity contribution in [2.75, 3.05) is 7.11 Å². The second kappa shape index (κ2) is 5.90. The van der Waals surface area contributed by atoms with Crippen molar-refractivity contribution in [3.63, 3.8) is 0 Å². The van der Waals surface area contributed by atoms with E-state index in [0.717, 1.165) is 12.8 Å². The number of ether oxygens (including phenoxy) is 1. The number of hydrogen-bond donors (Lipinski definition) is 1. The standard InChI is InChI=1S/C14H15NO6/c1-21-14(18)9-3-2-4-11(15(19)20)13(9)10(7-12(16)17)8-5-6-8/h2-4,8,10H,5-7H2,1H3,(H,16,17). The number of carbonyl (C=O) groups excluding carboxylic acids is 1. The van der Waals surface area contributed by atoms with Gasteiger partial charge in [0.05, 0.1) is 24.0 Å². The molecule has 112 valence electrons. The molecule has 21 heavy (non-hydrogen) atoms. The number of nitrogens with zero attached hydrogens (tertiary/aromatic N) is 1. The highest BCUT2D eigenvalue weighted by Gasteiger charge is 2.39. The molecule has 1 atom stereocenters. The quantitative estimate of drug-likeness (QED) is 0.490. The van der Waals surface area contributed by atoms with Crippen LogP contribution in [-0.4, -0.2) is 29.1 Å². The van der Waals surface area contributed by atoms with Crippen molar-refractivity contribution >= 4 is 17.6 Å². The first-order valence-corrected chi connectivity index (χ1v) is 6.53. The maximum Gasteiger partial charge on any atom is 0.338 e. The molecule has 0 bridgehead atoms. The zero-order valence-electron chi connectivity index (χ0n) is 11.4. The number of nitro groups is 1. The topological polar surface area (TPSA) is 107 Å². The number of nitro benzene ring substituents is 1. The molecule has 1 saturated carbocycles. The van der Waals surface area contributed by atoms with Crippen LogP contribution >= 0.6 is 0 Å². The maximum atomic E-state index is 11.9. The third kappa shape index (κ3) is 3.18. The van der Waals surface area contributed by atoms with Gasteiger partial charge in [0.25, 0.3) is 5.69 Å². The Labute approximate surface area is 120 Å². The van der Waals surface area contributed by atoms with Crippen molar-refractivity contribution in [3.8, 4) is 0 Å². The lowest BCUT2D eigenvalue weighted by molar-refractivity contribution is -0.385. The second-order valence-electron chi connectivity index (χ2n) is 5.03. The molecule has 7 nitrogen and oxygen atoms in total. The number of carboxylic acid groups (broad SMARTS) is 1. The van der Waals surface area contributed by atoms with Gasteiger partial charge in [-0.3, -0.25) is 14.9 Å². The van der Waals surface area contributed by atoms with Crippen LogP contribution in [0.25, 0.3) is 0 Å². The van der Waals surface area contributed by atoms with E-state index in [1.165, 1.54) is 25.3 Å². The van der Waals surface area contributed by atoms with E-state index in [1.54, 1.807) is 0 Å². The number of hydrogen-bond acceptors (Lipinski definition) is 5. The number of carboxylic acids is 1. The predicted octanol–water partition coefficient (Wildman–Crippen LogP) is 2.35. The van der Waals surface area contributed by atoms with Crippen LogP contribution in [0, 0.1) is 16.0 Å². The largest absolute Gasteiger partial charge is 0.481 e. The van der Waals surface area contributed by atoms with E-state index in [0.29, 0.717) is 0 Å².